The number of carbonyl (C=O) groups is 1. The average Bonchev–Trinajstić information content (AvgIpc) is 2.83. The molecule has 4 rings (SSSR count). The number of nitrogens with one attached hydrogen (secondary N) is 1. The van der Waals surface area contributed by atoms with Crippen LogP contribution in [0.5, 0.6) is 5.75 Å². The van der Waals surface area contributed by atoms with Crippen molar-refractivity contribution in [1.29, 1.82) is 5.26 Å². The first-order valence-corrected chi connectivity index (χ1v) is 10.4. The second-order valence-electron chi connectivity index (χ2n) is 7.52. The van der Waals surface area contributed by atoms with Crippen LogP contribution in [-0.2, 0) is 11.4 Å². The number of aryl methyl sites for hydroxylation is 1. The van der Waals surface area contributed by atoms with Crippen molar-refractivity contribution >= 4 is 28.4 Å². The SMILES string of the molecule is Cc1ccccc1NC(=O)/C(C#N)=C/c1c(OCc2ccccc2F)ccc2ccccc12. The maximum atomic E-state index is 14.1. The van der Waals surface area contributed by atoms with Gasteiger partial charge in [-0.15, -0.1) is 0 Å². The molecule has 0 radical (unpaired) electrons. The van der Waals surface area contributed by atoms with E-state index in [9.17, 15) is 14.4 Å². The van der Waals surface area contributed by atoms with Crippen LogP contribution >= 0.6 is 0 Å². The molecular weight excluding hydrogens is 415 g/mol. The number of hydrogen-bond acceptors (Lipinski definition) is 3. The number of halogens is 1. The molecule has 0 aliphatic carbocycles. The molecule has 0 spiro atoms. The Kier molecular flexibility index (Phi) is 6.47. The number of rotatable bonds is 6. The second-order valence-corrected chi connectivity index (χ2v) is 7.52. The minimum atomic E-state index is -0.514. The Morgan fingerprint density at radius 3 is 2.52 bits per heavy atom. The largest absolute Gasteiger partial charge is 0.488 e. The van der Waals surface area contributed by atoms with E-state index in [0.717, 1.165) is 16.3 Å². The number of benzene rings is 4. The Morgan fingerprint density at radius 1 is 1.00 bits per heavy atom. The molecule has 33 heavy (non-hydrogen) atoms. The summed E-state index contributed by atoms with van der Waals surface area (Å²) >= 11 is 0. The molecule has 0 saturated heterocycles. The monoisotopic (exact) mass is 436 g/mol. The van der Waals surface area contributed by atoms with E-state index in [1.807, 2.05) is 61.5 Å². The van der Waals surface area contributed by atoms with Crippen LogP contribution < -0.4 is 10.1 Å². The van der Waals surface area contributed by atoms with Crippen molar-refractivity contribution in [1.82, 2.24) is 0 Å². The minimum Gasteiger partial charge on any atom is -0.488 e. The number of fused-ring (bicyclic) bond motifs is 1. The summed E-state index contributed by atoms with van der Waals surface area (Å²) in [7, 11) is 0. The van der Waals surface area contributed by atoms with Crippen molar-refractivity contribution < 1.29 is 13.9 Å². The fourth-order valence-electron chi connectivity index (χ4n) is 3.52. The van der Waals surface area contributed by atoms with Gasteiger partial charge in [-0.2, -0.15) is 5.26 Å². The summed E-state index contributed by atoms with van der Waals surface area (Å²) in [6.07, 6.45) is 1.52. The Morgan fingerprint density at radius 2 is 1.73 bits per heavy atom. The zero-order valence-corrected chi connectivity index (χ0v) is 18.0. The second kappa shape index (κ2) is 9.80. The molecule has 0 aliphatic rings. The zero-order valence-electron chi connectivity index (χ0n) is 18.0. The Bertz CT molecular complexity index is 1400. The van der Waals surface area contributed by atoms with Crippen LogP contribution in [0.2, 0.25) is 0 Å². The molecule has 4 aromatic rings. The fourth-order valence-corrected chi connectivity index (χ4v) is 3.52. The van der Waals surface area contributed by atoms with E-state index < -0.39 is 5.91 Å². The van der Waals surface area contributed by atoms with E-state index >= 15 is 0 Å². The summed E-state index contributed by atoms with van der Waals surface area (Å²) in [6, 6.07) is 27.0. The molecule has 4 nitrogen and oxygen atoms in total. The number of carbonyl (C=O) groups excluding carboxylic acids is 1. The van der Waals surface area contributed by atoms with Crippen molar-refractivity contribution in [3.63, 3.8) is 0 Å². The maximum Gasteiger partial charge on any atom is 0.266 e. The lowest BCUT2D eigenvalue weighted by Gasteiger charge is -2.13. The van der Waals surface area contributed by atoms with Crippen LogP contribution in [0.1, 0.15) is 16.7 Å². The smallest absolute Gasteiger partial charge is 0.266 e. The normalized spacial score (nSPS) is 11.1. The third-order valence-electron chi connectivity index (χ3n) is 5.32. The molecule has 0 aromatic heterocycles. The first-order chi connectivity index (χ1) is 16.1. The van der Waals surface area contributed by atoms with Crippen molar-refractivity contribution in [3.8, 4) is 11.8 Å². The standard InChI is InChI=1S/C28H21FN2O2/c1-19-8-2-7-13-26(19)31-28(32)22(17-30)16-24-23-11-5-3-9-20(23)14-15-27(24)33-18-21-10-4-6-12-25(21)29/h2-16H,18H2,1H3,(H,31,32)/b22-16+. The van der Waals surface area contributed by atoms with Crippen LogP contribution in [0.4, 0.5) is 10.1 Å². The summed E-state index contributed by atoms with van der Waals surface area (Å²) in [5.74, 6) is -0.418. The zero-order chi connectivity index (χ0) is 23.2. The van der Waals surface area contributed by atoms with Crippen LogP contribution in [0.3, 0.4) is 0 Å². The minimum absolute atomic E-state index is 0.0170. The molecular formula is C28H21FN2O2. The molecule has 1 N–H and O–H groups in total. The van der Waals surface area contributed by atoms with Gasteiger partial charge < -0.3 is 10.1 Å². The number of para-hydroxylation sites is 1. The van der Waals surface area contributed by atoms with Crippen LogP contribution in [0.15, 0.2) is 90.5 Å². The van der Waals surface area contributed by atoms with Crippen molar-refractivity contribution in [3.05, 3.63) is 113 Å². The number of amides is 1. The van der Waals surface area contributed by atoms with Gasteiger partial charge in [0.25, 0.3) is 5.91 Å². The lowest BCUT2D eigenvalue weighted by molar-refractivity contribution is -0.112. The molecule has 0 fully saturated rings. The highest BCUT2D eigenvalue weighted by Crippen LogP contribution is 2.31. The van der Waals surface area contributed by atoms with Gasteiger partial charge in [-0.3, -0.25) is 4.79 Å². The van der Waals surface area contributed by atoms with Gasteiger partial charge in [0.2, 0.25) is 0 Å². The van der Waals surface area contributed by atoms with Crippen molar-refractivity contribution in [2.24, 2.45) is 0 Å². The van der Waals surface area contributed by atoms with Gasteiger partial charge in [0.1, 0.15) is 29.8 Å². The highest BCUT2D eigenvalue weighted by Gasteiger charge is 2.15. The van der Waals surface area contributed by atoms with E-state index in [1.54, 1.807) is 30.3 Å². The number of nitrogens with zero attached hydrogens (tertiary/aromatic N) is 1. The summed E-state index contributed by atoms with van der Waals surface area (Å²) in [6.45, 7) is 1.90. The molecule has 0 bridgehead atoms. The lowest BCUT2D eigenvalue weighted by atomic mass is 10.0. The van der Waals surface area contributed by atoms with E-state index in [0.29, 0.717) is 22.6 Å². The molecule has 1 amide bonds. The molecule has 0 heterocycles. The summed E-state index contributed by atoms with van der Waals surface area (Å²) in [5, 5.41) is 14.3. The number of nitriles is 1. The third-order valence-corrected chi connectivity index (χ3v) is 5.32. The average molecular weight is 436 g/mol. The van der Waals surface area contributed by atoms with Crippen LogP contribution in [0, 0.1) is 24.1 Å². The molecule has 0 atom stereocenters. The van der Waals surface area contributed by atoms with Gasteiger partial charge in [-0.1, -0.05) is 66.7 Å². The molecule has 162 valence electrons. The van der Waals surface area contributed by atoms with Gasteiger partial charge in [-0.25, -0.2) is 4.39 Å². The number of ether oxygens (including phenoxy) is 1. The number of hydrogen-bond donors (Lipinski definition) is 1. The maximum absolute atomic E-state index is 14.1. The van der Waals surface area contributed by atoms with Crippen molar-refractivity contribution in [2.75, 3.05) is 5.32 Å². The van der Waals surface area contributed by atoms with E-state index in [-0.39, 0.29) is 18.0 Å². The van der Waals surface area contributed by atoms with Crippen LogP contribution in [-0.4, -0.2) is 5.91 Å². The van der Waals surface area contributed by atoms with E-state index in [1.165, 1.54) is 12.1 Å². The molecule has 0 unspecified atom stereocenters. The topological polar surface area (TPSA) is 62.1 Å². The third kappa shape index (κ3) is 4.91. The first-order valence-electron chi connectivity index (χ1n) is 10.4. The number of anilines is 1. The molecule has 5 heteroatoms. The van der Waals surface area contributed by atoms with E-state index in [2.05, 4.69) is 5.32 Å². The summed E-state index contributed by atoms with van der Waals surface area (Å²) in [4.78, 5) is 12.9. The Labute approximate surface area is 191 Å². The van der Waals surface area contributed by atoms with Gasteiger partial charge >= 0.3 is 0 Å². The lowest BCUT2D eigenvalue weighted by Crippen LogP contribution is -2.14. The van der Waals surface area contributed by atoms with E-state index in [4.69, 9.17) is 4.74 Å². The van der Waals surface area contributed by atoms with Gasteiger partial charge in [-0.05, 0) is 47.5 Å². The predicted octanol–water partition coefficient (Wildman–Crippen LogP) is 6.41. The van der Waals surface area contributed by atoms with Crippen LogP contribution in [0.25, 0.3) is 16.8 Å². The Balaban J connectivity index is 1.72. The highest BCUT2D eigenvalue weighted by atomic mass is 19.1. The fraction of sp³-hybridized carbons (Fsp3) is 0.0714. The van der Waals surface area contributed by atoms with Gasteiger partial charge in [0.05, 0.1) is 0 Å². The van der Waals surface area contributed by atoms with Gasteiger partial charge in [0, 0.05) is 16.8 Å². The molecule has 4 aromatic carbocycles. The quantitative estimate of drug-likeness (QED) is 0.281. The van der Waals surface area contributed by atoms with Gasteiger partial charge in [0.15, 0.2) is 0 Å². The Hall–Kier alpha value is -4.43. The molecule has 0 aliphatic heterocycles. The molecule has 0 saturated carbocycles. The highest BCUT2D eigenvalue weighted by molar-refractivity contribution is 6.11. The van der Waals surface area contributed by atoms with Crippen molar-refractivity contribution in [2.45, 2.75) is 13.5 Å². The summed E-state index contributed by atoms with van der Waals surface area (Å²) < 4.78 is 20.0. The predicted molar refractivity (Wildman–Crippen MR) is 128 cm³/mol. The first kappa shape index (κ1) is 21.8. The summed E-state index contributed by atoms with van der Waals surface area (Å²) in [5.41, 5.74) is 2.46.